The Bertz CT molecular complexity index is 1300. The van der Waals surface area contributed by atoms with Crippen molar-refractivity contribution in [1.29, 1.82) is 0 Å². The summed E-state index contributed by atoms with van der Waals surface area (Å²) in [6.07, 6.45) is -1.24. The molecule has 0 bridgehead atoms. The Morgan fingerprint density at radius 2 is 1.50 bits per heavy atom. The van der Waals surface area contributed by atoms with Crippen molar-refractivity contribution in [3.63, 3.8) is 0 Å². The number of halogens is 1. The summed E-state index contributed by atoms with van der Waals surface area (Å²) in [4.78, 5) is 62.1. The number of carboxylic acid groups (broad SMARTS) is 2. The van der Waals surface area contributed by atoms with E-state index >= 15 is 0 Å². The second-order valence-corrected chi connectivity index (χ2v) is 11.1. The number of ether oxygens (including phenoxy) is 2. The summed E-state index contributed by atoms with van der Waals surface area (Å²) >= 11 is 0. The van der Waals surface area contributed by atoms with Crippen LogP contribution in [0.15, 0.2) is 48.5 Å². The number of carbonyl (C=O) groups is 5. The van der Waals surface area contributed by atoms with E-state index in [2.05, 4.69) is 20.7 Å². The normalized spacial score (nSPS) is 13.1. The van der Waals surface area contributed by atoms with Crippen LogP contribution in [-0.2, 0) is 32.0 Å². The van der Waals surface area contributed by atoms with Crippen LogP contribution in [0.5, 0.6) is 5.75 Å². The standard InChI is InChI=1S/C31H40FN3O9/c1-5-6-10-15-33-26(36)22(18-20-13-14-24(21(16-20)28(38)39)43-25(32)29(40)41)34-27(37)23(17-19-11-8-7-9-12-19)35-30(42)44-31(2,3)4/h7-9,11-14,16,22-23,25H,5-6,10,15,17-18H2,1-4H3,(H,33,36)(H,34,37)(H,35,42)(H,38,39)(H,40,41). The lowest BCUT2D eigenvalue weighted by molar-refractivity contribution is -0.153. The molecule has 2 aromatic rings. The van der Waals surface area contributed by atoms with Gasteiger partial charge in [0.05, 0.1) is 0 Å². The van der Waals surface area contributed by atoms with Gasteiger partial charge in [-0.15, -0.1) is 0 Å². The van der Waals surface area contributed by atoms with Crippen LogP contribution < -0.4 is 20.7 Å². The lowest BCUT2D eigenvalue weighted by atomic mass is 10.0. The maximum absolute atomic E-state index is 13.6. The average Bonchev–Trinajstić information content (AvgIpc) is 2.94. The maximum atomic E-state index is 13.6. The van der Waals surface area contributed by atoms with Gasteiger partial charge in [-0.2, -0.15) is 4.39 Å². The number of benzene rings is 2. The molecule has 3 unspecified atom stereocenters. The van der Waals surface area contributed by atoms with Crippen LogP contribution in [0, 0.1) is 0 Å². The highest BCUT2D eigenvalue weighted by atomic mass is 19.1. The molecule has 2 aromatic carbocycles. The summed E-state index contributed by atoms with van der Waals surface area (Å²) in [7, 11) is 0. The minimum absolute atomic E-state index is 0.0833. The molecule has 12 nitrogen and oxygen atoms in total. The zero-order chi connectivity index (χ0) is 32.9. The van der Waals surface area contributed by atoms with Gasteiger partial charge < -0.3 is 35.6 Å². The fraction of sp³-hybridized carbons (Fsp3) is 0.452. The second-order valence-electron chi connectivity index (χ2n) is 11.1. The van der Waals surface area contributed by atoms with Crippen LogP contribution in [0.3, 0.4) is 0 Å². The van der Waals surface area contributed by atoms with Crippen molar-refractivity contribution in [1.82, 2.24) is 16.0 Å². The largest absolute Gasteiger partial charge is 0.478 e. The zero-order valence-corrected chi connectivity index (χ0v) is 25.2. The topological polar surface area (TPSA) is 180 Å². The molecule has 0 saturated carbocycles. The Labute approximate surface area is 255 Å². The van der Waals surface area contributed by atoms with Crippen molar-refractivity contribution >= 4 is 29.8 Å². The van der Waals surface area contributed by atoms with E-state index in [1.54, 1.807) is 51.1 Å². The van der Waals surface area contributed by atoms with Crippen LogP contribution in [0.1, 0.15) is 68.4 Å². The third-order valence-electron chi connectivity index (χ3n) is 6.14. The molecule has 0 radical (unpaired) electrons. The van der Waals surface area contributed by atoms with Gasteiger partial charge in [-0.1, -0.05) is 56.2 Å². The van der Waals surface area contributed by atoms with Crippen LogP contribution in [0.25, 0.3) is 0 Å². The summed E-state index contributed by atoms with van der Waals surface area (Å²) in [6, 6.07) is 10.1. The number of nitrogens with one attached hydrogen (secondary N) is 3. The van der Waals surface area contributed by atoms with Gasteiger partial charge in [0.1, 0.15) is 29.0 Å². The van der Waals surface area contributed by atoms with E-state index in [4.69, 9.17) is 9.84 Å². The third kappa shape index (κ3) is 12.3. The lowest BCUT2D eigenvalue weighted by Crippen LogP contribution is -2.55. The van der Waals surface area contributed by atoms with Crippen LogP contribution >= 0.6 is 0 Å². The molecule has 5 N–H and O–H groups in total. The molecular formula is C31H40FN3O9. The maximum Gasteiger partial charge on any atom is 0.408 e. The molecule has 3 atom stereocenters. The SMILES string of the molecule is CCCCCNC(=O)C(Cc1ccc(OC(F)C(=O)O)c(C(=O)O)c1)NC(=O)C(Cc1ccccc1)NC(=O)OC(C)(C)C. The van der Waals surface area contributed by atoms with Gasteiger partial charge in [-0.05, 0) is 50.5 Å². The highest BCUT2D eigenvalue weighted by Gasteiger charge is 2.29. The van der Waals surface area contributed by atoms with Gasteiger partial charge in [0.15, 0.2) is 0 Å². The number of carboxylic acids is 2. The molecule has 0 aliphatic carbocycles. The molecule has 13 heteroatoms. The molecule has 44 heavy (non-hydrogen) atoms. The minimum atomic E-state index is -2.79. The lowest BCUT2D eigenvalue weighted by Gasteiger charge is -2.25. The van der Waals surface area contributed by atoms with Crippen molar-refractivity contribution < 1.29 is 48.0 Å². The van der Waals surface area contributed by atoms with Crippen molar-refractivity contribution in [2.45, 2.75) is 83.8 Å². The first-order valence-electron chi connectivity index (χ1n) is 14.2. The summed E-state index contributed by atoms with van der Waals surface area (Å²) in [5, 5.41) is 26.4. The summed E-state index contributed by atoms with van der Waals surface area (Å²) < 4.78 is 23.6. The highest BCUT2D eigenvalue weighted by molar-refractivity contribution is 5.93. The Balaban J connectivity index is 2.36. The van der Waals surface area contributed by atoms with Crippen molar-refractivity contribution in [3.8, 4) is 5.75 Å². The first-order chi connectivity index (χ1) is 20.7. The van der Waals surface area contributed by atoms with Gasteiger partial charge in [-0.25, -0.2) is 14.4 Å². The van der Waals surface area contributed by atoms with Crippen molar-refractivity contribution in [2.24, 2.45) is 0 Å². The monoisotopic (exact) mass is 617 g/mol. The number of alkyl carbamates (subject to hydrolysis) is 1. The number of carbonyl (C=O) groups excluding carboxylic acids is 3. The number of amides is 3. The van der Waals surface area contributed by atoms with Gasteiger partial charge in [0.25, 0.3) is 0 Å². The Hall–Kier alpha value is -4.68. The summed E-state index contributed by atoms with van der Waals surface area (Å²) in [6.45, 7) is 7.37. The number of unbranched alkanes of at least 4 members (excludes halogenated alkanes) is 2. The predicted molar refractivity (Wildman–Crippen MR) is 158 cm³/mol. The average molecular weight is 618 g/mol. The third-order valence-corrected chi connectivity index (χ3v) is 6.14. The minimum Gasteiger partial charge on any atom is -0.478 e. The van der Waals surface area contributed by atoms with Gasteiger partial charge in [0.2, 0.25) is 11.8 Å². The van der Waals surface area contributed by atoms with Gasteiger partial charge in [-0.3, -0.25) is 9.59 Å². The van der Waals surface area contributed by atoms with E-state index in [0.717, 1.165) is 30.5 Å². The molecular weight excluding hydrogens is 577 g/mol. The Kier molecular flexibility index (Phi) is 13.6. The van der Waals surface area contributed by atoms with Crippen LogP contribution in [0.4, 0.5) is 9.18 Å². The van der Waals surface area contributed by atoms with Gasteiger partial charge in [0, 0.05) is 19.4 Å². The van der Waals surface area contributed by atoms with E-state index in [1.807, 2.05) is 6.92 Å². The van der Waals surface area contributed by atoms with Crippen molar-refractivity contribution in [2.75, 3.05) is 6.54 Å². The fourth-order valence-corrected chi connectivity index (χ4v) is 4.07. The van der Waals surface area contributed by atoms with E-state index in [9.17, 15) is 33.5 Å². The first kappa shape index (κ1) is 35.5. The van der Waals surface area contributed by atoms with E-state index in [1.165, 1.54) is 6.07 Å². The molecule has 0 fully saturated rings. The number of hydrogen-bond donors (Lipinski definition) is 5. The smallest absolute Gasteiger partial charge is 0.408 e. The van der Waals surface area contributed by atoms with E-state index in [0.29, 0.717) is 13.0 Å². The van der Waals surface area contributed by atoms with E-state index in [-0.39, 0.29) is 18.4 Å². The van der Waals surface area contributed by atoms with E-state index < -0.39 is 65.2 Å². The molecule has 0 aliphatic rings. The number of alkyl halides is 1. The number of aromatic carboxylic acids is 1. The molecule has 3 amide bonds. The van der Waals surface area contributed by atoms with Crippen molar-refractivity contribution in [3.05, 3.63) is 65.2 Å². The predicted octanol–water partition coefficient (Wildman–Crippen LogP) is 3.61. The van der Waals surface area contributed by atoms with Crippen LogP contribution in [0.2, 0.25) is 0 Å². The quantitative estimate of drug-likeness (QED) is 0.176. The number of hydrogen-bond acceptors (Lipinski definition) is 7. The molecule has 0 saturated heterocycles. The Morgan fingerprint density at radius 3 is 2.09 bits per heavy atom. The number of rotatable bonds is 16. The van der Waals surface area contributed by atoms with Gasteiger partial charge >= 0.3 is 24.4 Å². The Morgan fingerprint density at radius 1 is 0.864 bits per heavy atom. The molecule has 0 heterocycles. The molecule has 0 aliphatic heterocycles. The molecule has 240 valence electrons. The highest BCUT2D eigenvalue weighted by Crippen LogP contribution is 2.23. The molecule has 0 spiro atoms. The summed E-state index contributed by atoms with van der Waals surface area (Å²) in [5.41, 5.74) is -0.371. The molecule has 2 rings (SSSR count). The first-order valence-corrected chi connectivity index (χ1v) is 14.2. The zero-order valence-electron chi connectivity index (χ0n) is 25.2. The second kappa shape index (κ2) is 16.8. The number of aliphatic carboxylic acids is 1. The summed E-state index contributed by atoms with van der Waals surface area (Å²) in [5.74, 6) is -5.21. The van der Waals surface area contributed by atoms with Crippen LogP contribution in [-0.4, -0.2) is 70.6 Å². The molecule has 0 aromatic heterocycles. The fourth-order valence-electron chi connectivity index (χ4n) is 4.07.